The second-order valence-electron chi connectivity index (χ2n) is 4.18. The molecule has 18 heavy (non-hydrogen) atoms. The molecule has 0 saturated heterocycles. The number of halogens is 1. The Labute approximate surface area is 117 Å². The van der Waals surface area contributed by atoms with E-state index < -0.39 is 6.04 Å². The van der Waals surface area contributed by atoms with Crippen molar-refractivity contribution in [3.8, 4) is 0 Å². The second-order valence-corrected chi connectivity index (χ2v) is 6.13. The van der Waals surface area contributed by atoms with Gasteiger partial charge < -0.3 is 10.6 Å². The van der Waals surface area contributed by atoms with Crippen LogP contribution in [0.3, 0.4) is 0 Å². The van der Waals surface area contributed by atoms with Crippen molar-refractivity contribution < 1.29 is 4.79 Å². The number of nitrogens with zero attached hydrogens (tertiary/aromatic N) is 1. The fraction of sp³-hybridized carbons (Fsp3) is 0.154. The third-order valence-electron chi connectivity index (χ3n) is 3.04. The summed E-state index contributed by atoms with van der Waals surface area (Å²) in [6, 6.07) is 9.26. The minimum absolute atomic E-state index is 0.0310. The van der Waals surface area contributed by atoms with E-state index in [1.54, 1.807) is 16.2 Å². The van der Waals surface area contributed by atoms with Crippen LogP contribution in [0.2, 0.25) is 0 Å². The number of anilines is 1. The molecule has 2 heterocycles. The largest absolute Gasteiger partial charge is 0.316 e. The smallest absolute Gasteiger partial charge is 0.248 e. The second kappa shape index (κ2) is 4.50. The summed E-state index contributed by atoms with van der Waals surface area (Å²) in [4.78, 5) is 15.1. The van der Waals surface area contributed by atoms with Crippen molar-refractivity contribution >= 4 is 38.9 Å². The number of fused-ring (bicyclic) bond motifs is 1. The zero-order chi connectivity index (χ0) is 12.7. The highest BCUT2D eigenvalue weighted by molar-refractivity contribution is 9.10. The highest BCUT2D eigenvalue weighted by atomic mass is 79.9. The average molecular weight is 323 g/mol. The van der Waals surface area contributed by atoms with Crippen LogP contribution < -0.4 is 10.6 Å². The zero-order valence-electron chi connectivity index (χ0n) is 9.47. The predicted octanol–water partition coefficient (Wildman–Crippen LogP) is 3.06. The molecule has 0 spiro atoms. The molecule has 3 nitrogen and oxygen atoms in total. The molecule has 92 valence electrons. The van der Waals surface area contributed by atoms with Gasteiger partial charge in [-0.15, -0.1) is 11.3 Å². The van der Waals surface area contributed by atoms with E-state index in [0.717, 1.165) is 20.6 Å². The number of carbonyl (C=O) groups is 1. The van der Waals surface area contributed by atoms with Crippen molar-refractivity contribution in [3.05, 3.63) is 50.6 Å². The van der Waals surface area contributed by atoms with Crippen LogP contribution in [-0.2, 0) is 11.3 Å². The molecule has 1 aromatic carbocycles. The summed E-state index contributed by atoms with van der Waals surface area (Å²) >= 11 is 5.08. The Morgan fingerprint density at radius 3 is 2.94 bits per heavy atom. The summed E-state index contributed by atoms with van der Waals surface area (Å²) in [5.41, 5.74) is 7.77. The number of hydrogen-bond donors (Lipinski definition) is 1. The zero-order valence-corrected chi connectivity index (χ0v) is 11.9. The van der Waals surface area contributed by atoms with Gasteiger partial charge in [-0.2, -0.15) is 0 Å². The standard InChI is InChI=1S/C13H11BrN2OS/c14-8-3-4-10-11(6-8)16(13(17)12(10)15)7-9-2-1-5-18-9/h1-6,12H,7,15H2. The Balaban J connectivity index is 2.01. The van der Waals surface area contributed by atoms with Crippen molar-refractivity contribution in [3.63, 3.8) is 0 Å². The first-order chi connectivity index (χ1) is 8.66. The molecule has 0 fully saturated rings. The van der Waals surface area contributed by atoms with Crippen molar-refractivity contribution in [1.82, 2.24) is 0 Å². The topological polar surface area (TPSA) is 46.3 Å². The summed E-state index contributed by atoms with van der Waals surface area (Å²) < 4.78 is 0.958. The van der Waals surface area contributed by atoms with Crippen molar-refractivity contribution in [1.29, 1.82) is 0 Å². The number of rotatable bonds is 2. The van der Waals surface area contributed by atoms with Crippen LogP contribution >= 0.6 is 27.3 Å². The molecule has 1 aliphatic heterocycles. The SMILES string of the molecule is NC1C(=O)N(Cc2cccs2)c2cc(Br)ccc21. The number of amides is 1. The lowest BCUT2D eigenvalue weighted by Gasteiger charge is -2.16. The summed E-state index contributed by atoms with van der Waals surface area (Å²) in [5, 5.41) is 2.01. The van der Waals surface area contributed by atoms with Crippen LogP contribution in [0, 0.1) is 0 Å². The summed E-state index contributed by atoms with van der Waals surface area (Å²) in [6.07, 6.45) is 0. The summed E-state index contributed by atoms with van der Waals surface area (Å²) in [6.45, 7) is 0.591. The molecular formula is C13H11BrN2OS. The molecule has 0 radical (unpaired) electrons. The van der Waals surface area contributed by atoms with Gasteiger partial charge in [-0.05, 0) is 23.6 Å². The minimum atomic E-state index is -0.534. The molecule has 0 aliphatic carbocycles. The van der Waals surface area contributed by atoms with Crippen molar-refractivity contribution in [2.45, 2.75) is 12.6 Å². The Kier molecular flexibility index (Phi) is 2.97. The van der Waals surface area contributed by atoms with Gasteiger partial charge in [-0.3, -0.25) is 4.79 Å². The van der Waals surface area contributed by atoms with Crippen LogP contribution in [0.1, 0.15) is 16.5 Å². The van der Waals surface area contributed by atoms with E-state index >= 15 is 0 Å². The molecule has 1 amide bonds. The van der Waals surface area contributed by atoms with Gasteiger partial charge in [-0.1, -0.05) is 28.1 Å². The lowest BCUT2D eigenvalue weighted by atomic mass is 10.1. The summed E-state index contributed by atoms with van der Waals surface area (Å²) in [5.74, 6) is -0.0310. The van der Waals surface area contributed by atoms with Crippen molar-refractivity contribution in [2.24, 2.45) is 5.73 Å². The molecular weight excluding hydrogens is 312 g/mol. The Morgan fingerprint density at radius 1 is 1.39 bits per heavy atom. The van der Waals surface area contributed by atoms with Gasteiger partial charge in [0.2, 0.25) is 5.91 Å². The number of carbonyl (C=O) groups excluding carboxylic acids is 1. The van der Waals surface area contributed by atoms with Crippen molar-refractivity contribution in [2.75, 3.05) is 4.90 Å². The Hall–Kier alpha value is -1.17. The van der Waals surface area contributed by atoms with E-state index in [1.165, 1.54) is 0 Å². The van der Waals surface area contributed by atoms with E-state index in [-0.39, 0.29) is 5.91 Å². The van der Waals surface area contributed by atoms with Crippen LogP contribution in [-0.4, -0.2) is 5.91 Å². The fourth-order valence-corrected chi connectivity index (χ4v) is 3.20. The molecule has 1 atom stereocenters. The van der Waals surface area contributed by atoms with Crippen LogP contribution in [0.5, 0.6) is 0 Å². The molecule has 1 unspecified atom stereocenters. The number of hydrogen-bond acceptors (Lipinski definition) is 3. The molecule has 1 aromatic heterocycles. The maximum absolute atomic E-state index is 12.2. The Bertz CT molecular complexity index is 597. The van der Waals surface area contributed by atoms with E-state index in [1.807, 2.05) is 35.7 Å². The van der Waals surface area contributed by atoms with E-state index in [4.69, 9.17) is 5.73 Å². The first-order valence-corrected chi connectivity index (χ1v) is 7.23. The quantitative estimate of drug-likeness (QED) is 0.923. The number of nitrogens with two attached hydrogens (primary N) is 1. The summed E-state index contributed by atoms with van der Waals surface area (Å²) in [7, 11) is 0. The van der Waals surface area contributed by atoms with Gasteiger partial charge in [-0.25, -0.2) is 0 Å². The predicted molar refractivity (Wildman–Crippen MR) is 76.6 cm³/mol. The van der Waals surface area contributed by atoms with Crippen LogP contribution in [0.4, 0.5) is 5.69 Å². The fourth-order valence-electron chi connectivity index (χ4n) is 2.15. The first kappa shape index (κ1) is 11.9. The molecule has 2 aromatic rings. The molecule has 2 N–H and O–H groups in total. The van der Waals surface area contributed by atoms with E-state index in [9.17, 15) is 4.79 Å². The normalized spacial score (nSPS) is 18.2. The van der Waals surface area contributed by atoms with E-state index in [0.29, 0.717) is 6.54 Å². The van der Waals surface area contributed by atoms with Gasteiger partial charge in [0.15, 0.2) is 0 Å². The molecule has 3 rings (SSSR count). The lowest BCUT2D eigenvalue weighted by Crippen LogP contribution is -2.30. The molecule has 0 saturated carbocycles. The Morgan fingerprint density at radius 2 is 2.22 bits per heavy atom. The van der Waals surface area contributed by atoms with Gasteiger partial charge in [0.1, 0.15) is 6.04 Å². The van der Waals surface area contributed by atoms with Gasteiger partial charge >= 0.3 is 0 Å². The third-order valence-corrected chi connectivity index (χ3v) is 4.40. The maximum Gasteiger partial charge on any atom is 0.248 e. The van der Waals surface area contributed by atoms with Gasteiger partial charge in [0.25, 0.3) is 0 Å². The third kappa shape index (κ3) is 1.88. The molecule has 1 aliphatic rings. The van der Waals surface area contributed by atoms with Crippen LogP contribution in [0.25, 0.3) is 0 Å². The highest BCUT2D eigenvalue weighted by Gasteiger charge is 2.34. The first-order valence-electron chi connectivity index (χ1n) is 5.55. The number of thiophene rings is 1. The maximum atomic E-state index is 12.2. The molecule has 0 bridgehead atoms. The lowest BCUT2D eigenvalue weighted by molar-refractivity contribution is -0.119. The van der Waals surface area contributed by atoms with Crippen LogP contribution in [0.15, 0.2) is 40.2 Å². The minimum Gasteiger partial charge on any atom is -0.316 e. The molecule has 5 heteroatoms. The van der Waals surface area contributed by atoms with Gasteiger partial charge in [0.05, 0.1) is 12.2 Å². The monoisotopic (exact) mass is 322 g/mol. The van der Waals surface area contributed by atoms with E-state index in [2.05, 4.69) is 15.9 Å². The number of benzene rings is 1. The average Bonchev–Trinajstić information content (AvgIpc) is 2.93. The van der Waals surface area contributed by atoms with Gasteiger partial charge in [0, 0.05) is 14.9 Å². The highest BCUT2D eigenvalue weighted by Crippen LogP contribution is 2.37.